The zero-order chi connectivity index (χ0) is 8.69. The summed E-state index contributed by atoms with van der Waals surface area (Å²) in [6.45, 7) is 7.62. The lowest BCUT2D eigenvalue weighted by molar-refractivity contribution is 1.06. The molecule has 0 saturated heterocycles. The molecule has 0 aliphatic carbocycles. The van der Waals surface area contributed by atoms with Gasteiger partial charge in [-0.25, -0.2) is 0 Å². The highest BCUT2D eigenvalue weighted by molar-refractivity contribution is 7.07. The maximum Gasteiger partial charge on any atom is 0.188 e. The van der Waals surface area contributed by atoms with Crippen molar-refractivity contribution < 1.29 is 0 Å². The summed E-state index contributed by atoms with van der Waals surface area (Å²) in [5, 5.41) is 1.98. The molecule has 0 radical (unpaired) electrons. The largest absolute Gasteiger partial charge is 0.300 e. The van der Waals surface area contributed by atoms with E-state index in [0.717, 1.165) is 4.80 Å². The first-order valence-corrected chi connectivity index (χ1v) is 4.47. The zero-order valence-electron chi connectivity index (χ0n) is 7.24. The Hall–Kier alpha value is -0.830. The number of hydrogen-bond acceptors (Lipinski definition) is 2. The Kier molecular flexibility index (Phi) is 5.47. The first-order valence-electron chi connectivity index (χ1n) is 3.59. The first-order chi connectivity index (χ1) is 5.38. The van der Waals surface area contributed by atoms with Gasteiger partial charge < -0.3 is 4.57 Å². The SMILES string of the molecule is C=Cn1ccsc1=NC.CC. The van der Waals surface area contributed by atoms with Crippen molar-refractivity contribution in [2.24, 2.45) is 4.99 Å². The fourth-order valence-corrected chi connectivity index (χ4v) is 1.26. The summed E-state index contributed by atoms with van der Waals surface area (Å²) in [6, 6.07) is 0. The molecule has 0 aliphatic rings. The molecule has 0 fully saturated rings. The lowest BCUT2D eigenvalue weighted by atomic mass is 10.8. The van der Waals surface area contributed by atoms with Gasteiger partial charge in [-0.15, -0.1) is 11.3 Å². The van der Waals surface area contributed by atoms with Gasteiger partial charge in [-0.1, -0.05) is 20.4 Å². The van der Waals surface area contributed by atoms with Gasteiger partial charge in [-0.3, -0.25) is 4.99 Å². The number of hydrogen-bond donors (Lipinski definition) is 0. The maximum atomic E-state index is 4.01. The van der Waals surface area contributed by atoms with Crippen molar-refractivity contribution in [3.8, 4) is 0 Å². The fraction of sp³-hybridized carbons (Fsp3) is 0.375. The highest BCUT2D eigenvalue weighted by Gasteiger charge is 1.84. The molecule has 0 unspecified atom stereocenters. The summed E-state index contributed by atoms with van der Waals surface area (Å²) in [7, 11) is 1.77. The molecular formula is C8H14N2S. The van der Waals surface area contributed by atoms with Crippen molar-refractivity contribution in [2.45, 2.75) is 13.8 Å². The Morgan fingerprint density at radius 2 is 2.27 bits per heavy atom. The molecule has 1 rings (SSSR count). The molecule has 0 N–H and O–H groups in total. The molecule has 0 bridgehead atoms. The Bertz CT molecular complexity index is 257. The number of aromatic nitrogens is 1. The fourth-order valence-electron chi connectivity index (χ4n) is 0.589. The van der Waals surface area contributed by atoms with Crippen LogP contribution in [0.4, 0.5) is 0 Å². The summed E-state index contributed by atoms with van der Waals surface area (Å²) < 4.78 is 1.88. The third-order valence-corrected chi connectivity index (χ3v) is 1.87. The van der Waals surface area contributed by atoms with E-state index in [0.29, 0.717) is 0 Å². The normalized spacial score (nSPS) is 10.3. The Balaban J connectivity index is 0.000000461. The van der Waals surface area contributed by atoms with Gasteiger partial charge in [0.25, 0.3) is 0 Å². The smallest absolute Gasteiger partial charge is 0.188 e. The second kappa shape index (κ2) is 5.92. The molecule has 1 aromatic heterocycles. The van der Waals surface area contributed by atoms with Gasteiger partial charge in [0.05, 0.1) is 0 Å². The van der Waals surface area contributed by atoms with Crippen LogP contribution in [0.1, 0.15) is 13.8 Å². The van der Waals surface area contributed by atoms with Gasteiger partial charge in [0.15, 0.2) is 4.80 Å². The van der Waals surface area contributed by atoms with E-state index in [9.17, 15) is 0 Å². The molecule has 0 saturated carbocycles. The van der Waals surface area contributed by atoms with Gasteiger partial charge in [0.2, 0.25) is 0 Å². The predicted octanol–water partition coefficient (Wildman–Crippen LogP) is 2.21. The van der Waals surface area contributed by atoms with Crippen LogP contribution in [-0.2, 0) is 0 Å². The summed E-state index contributed by atoms with van der Waals surface area (Å²) in [4.78, 5) is 4.99. The summed E-state index contributed by atoms with van der Waals surface area (Å²) in [6.07, 6.45) is 3.67. The Morgan fingerprint density at radius 1 is 1.64 bits per heavy atom. The van der Waals surface area contributed by atoms with Gasteiger partial charge in [0, 0.05) is 24.8 Å². The maximum absolute atomic E-state index is 4.01. The van der Waals surface area contributed by atoms with Crippen LogP contribution in [0.2, 0.25) is 0 Å². The molecule has 0 aromatic carbocycles. The van der Waals surface area contributed by atoms with E-state index in [1.807, 2.05) is 30.0 Å². The van der Waals surface area contributed by atoms with Crippen LogP contribution in [0.25, 0.3) is 6.20 Å². The molecular weight excluding hydrogens is 156 g/mol. The van der Waals surface area contributed by atoms with Crippen LogP contribution < -0.4 is 4.80 Å². The second-order valence-electron chi connectivity index (χ2n) is 1.50. The molecule has 2 nitrogen and oxygen atoms in total. The van der Waals surface area contributed by atoms with Gasteiger partial charge in [0.1, 0.15) is 0 Å². The van der Waals surface area contributed by atoms with E-state index < -0.39 is 0 Å². The molecule has 0 amide bonds. The van der Waals surface area contributed by atoms with E-state index in [1.54, 1.807) is 24.6 Å². The lowest BCUT2D eigenvalue weighted by Crippen LogP contribution is -2.06. The summed E-state index contributed by atoms with van der Waals surface area (Å²) in [5.74, 6) is 0. The molecule has 11 heavy (non-hydrogen) atoms. The van der Waals surface area contributed by atoms with E-state index >= 15 is 0 Å². The predicted molar refractivity (Wildman–Crippen MR) is 51.5 cm³/mol. The zero-order valence-corrected chi connectivity index (χ0v) is 8.06. The molecule has 3 heteroatoms. The molecule has 62 valence electrons. The van der Waals surface area contributed by atoms with Gasteiger partial charge in [-0.05, 0) is 0 Å². The van der Waals surface area contributed by atoms with Crippen molar-refractivity contribution >= 4 is 17.5 Å². The minimum Gasteiger partial charge on any atom is -0.300 e. The van der Waals surface area contributed by atoms with Crippen molar-refractivity contribution in [1.82, 2.24) is 4.57 Å². The topological polar surface area (TPSA) is 17.3 Å². The Labute approximate surface area is 71.5 Å². The number of thiazole rings is 1. The van der Waals surface area contributed by atoms with E-state index in [4.69, 9.17) is 0 Å². The van der Waals surface area contributed by atoms with Gasteiger partial charge in [-0.2, -0.15) is 0 Å². The van der Waals surface area contributed by atoms with E-state index in [-0.39, 0.29) is 0 Å². The summed E-state index contributed by atoms with van der Waals surface area (Å²) >= 11 is 1.60. The minimum absolute atomic E-state index is 0.977. The first kappa shape index (κ1) is 10.2. The third kappa shape index (κ3) is 2.72. The monoisotopic (exact) mass is 170 g/mol. The molecule has 1 heterocycles. The van der Waals surface area contributed by atoms with Crippen molar-refractivity contribution in [2.75, 3.05) is 7.05 Å². The second-order valence-corrected chi connectivity index (χ2v) is 2.37. The van der Waals surface area contributed by atoms with Crippen LogP contribution in [-0.4, -0.2) is 11.6 Å². The molecule has 1 aromatic rings. The van der Waals surface area contributed by atoms with Crippen molar-refractivity contribution in [3.63, 3.8) is 0 Å². The minimum atomic E-state index is 0.977. The van der Waals surface area contributed by atoms with E-state index in [1.165, 1.54) is 0 Å². The average molecular weight is 170 g/mol. The van der Waals surface area contributed by atoms with Gasteiger partial charge >= 0.3 is 0 Å². The van der Waals surface area contributed by atoms with Crippen LogP contribution in [0.3, 0.4) is 0 Å². The average Bonchev–Trinajstić information content (AvgIpc) is 2.54. The Morgan fingerprint density at radius 3 is 2.64 bits per heavy atom. The standard InChI is InChI=1S/C6H8N2S.C2H6/c1-3-8-4-5-9-6(8)7-2;1-2/h3-5H,1H2,2H3;1-2H3. The third-order valence-electron chi connectivity index (χ3n) is 1.00. The number of nitrogens with zero attached hydrogens (tertiary/aromatic N) is 2. The quantitative estimate of drug-likeness (QED) is 0.615. The highest BCUT2D eigenvalue weighted by atomic mass is 32.1. The van der Waals surface area contributed by atoms with Crippen molar-refractivity contribution in [1.29, 1.82) is 0 Å². The summed E-state index contributed by atoms with van der Waals surface area (Å²) in [5.41, 5.74) is 0. The highest BCUT2D eigenvalue weighted by Crippen LogP contribution is 1.87. The van der Waals surface area contributed by atoms with E-state index in [2.05, 4.69) is 11.6 Å². The van der Waals surface area contributed by atoms with Crippen LogP contribution in [0, 0.1) is 0 Å². The van der Waals surface area contributed by atoms with Crippen LogP contribution >= 0.6 is 11.3 Å². The number of rotatable bonds is 1. The molecule has 0 atom stereocenters. The van der Waals surface area contributed by atoms with Crippen LogP contribution in [0.5, 0.6) is 0 Å². The molecule has 0 aliphatic heterocycles. The van der Waals surface area contributed by atoms with Crippen molar-refractivity contribution in [3.05, 3.63) is 23.0 Å². The lowest BCUT2D eigenvalue weighted by Gasteiger charge is -1.86. The van der Waals surface area contributed by atoms with Crippen LogP contribution in [0.15, 0.2) is 23.1 Å². The molecule has 0 spiro atoms.